The molecule has 0 atom stereocenters. The van der Waals surface area contributed by atoms with Crippen LogP contribution in [0.25, 0.3) is 0 Å². The van der Waals surface area contributed by atoms with E-state index in [2.05, 4.69) is 14.9 Å². The van der Waals surface area contributed by atoms with E-state index >= 15 is 0 Å². The number of nitrogens with one attached hydrogen (secondary N) is 2. The van der Waals surface area contributed by atoms with Gasteiger partial charge < -0.3 is 5.73 Å². The highest BCUT2D eigenvalue weighted by atomic mass is 32.2. The Bertz CT molecular complexity index is 448. The Balaban J connectivity index is 2.18. The molecule has 0 aliphatic heterocycles. The molecule has 1 fully saturated rings. The molecule has 1 heterocycles. The molecule has 0 saturated heterocycles. The third-order valence-corrected chi connectivity index (χ3v) is 4.38. The van der Waals surface area contributed by atoms with E-state index in [1.54, 1.807) is 0 Å². The molecule has 16 heavy (non-hydrogen) atoms. The Kier molecular flexibility index (Phi) is 3.27. The number of sulfonamides is 1. The van der Waals surface area contributed by atoms with Crippen LogP contribution >= 0.6 is 0 Å². The van der Waals surface area contributed by atoms with Gasteiger partial charge in [0.25, 0.3) is 10.0 Å². The first-order valence-electron chi connectivity index (χ1n) is 5.38. The van der Waals surface area contributed by atoms with Gasteiger partial charge in [-0.3, -0.25) is 5.10 Å². The molecule has 0 aromatic carbocycles. The maximum Gasteiger partial charge on any atom is 0.258 e. The van der Waals surface area contributed by atoms with Gasteiger partial charge in [0, 0.05) is 18.2 Å². The Hall–Kier alpha value is -0.920. The van der Waals surface area contributed by atoms with E-state index in [4.69, 9.17) is 5.73 Å². The molecular weight excluding hydrogens is 228 g/mol. The van der Waals surface area contributed by atoms with E-state index < -0.39 is 10.0 Å². The van der Waals surface area contributed by atoms with Crippen molar-refractivity contribution < 1.29 is 8.42 Å². The second kappa shape index (κ2) is 4.52. The fourth-order valence-electron chi connectivity index (χ4n) is 2.00. The lowest BCUT2D eigenvalue weighted by atomic mass is 10.3. The average Bonchev–Trinajstić information content (AvgIpc) is 2.85. The maximum atomic E-state index is 12.0. The summed E-state index contributed by atoms with van der Waals surface area (Å²) in [6.45, 7) is 0.164. The molecule has 2 rings (SSSR count). The Morgan fingerprint density at radius 2 is 2.19 bits per heavy atom. The van der Waals surface area contributed by atoms with Crippen molar-refractivity contribution in [1.82, 2.24) is 14.9 Å². The van der Waals surface area contributed by atoms with Crippen molar-refractivity contribution in [2.45, 2.75) is 43.3 Å². The highest BCUT2D eigenvalue weighted by Crippen LogP contribution is 2.20. The fourth-order valence-corrected chi connectivity index (χ4v) is 3.45. The SMILES string of the molecule is NCc1cn[nH]c1S(=O)(=O)NC1CCCC1. The number of aromatic amines is 1. The van der Waals surface area contributed by atoms with E-state index in [1.165, 1.54) is 6.20 Å². The van der Waals surface area contributed by atoms with Gasteiger partial charge in [0.15, 0.2) is 5.03 Å². The lowest BCUT2D eigenvalue weighted by Gasteiger charge is -2.11. The van der Waals surface area contributed by atoms with Crippen LogP contribution in [0.5, 0.6) is 0 Å². The predicted octanol–water partition coefficient (Wildman–Crippen LogP) is 0.0893. The Labute approximate surface area is 94.7 Å². The second-order valence-corrected chi connectivity index (χ2v) is 5.68. The summed E-state index contributed by atoms with van der Waals surface area (Å²) in [6.07, 6.45) is 5.43. The molecule has 6 nitrogen and oxygen atoms in total. The minimum absolute atomic E-state index is 0.0546. The van der Waals surface area contributed by atoms with Crippen molar-refractivity contribution in [2.75, 3.05) is 0 Å². The summed E-state index contributed by atoms with van der Waals surface area (Å²) in [6, 6.07) is 0.0546. The third-order valence-electron chi connectivity index (χ3n) is 2.84. The molecule has 90 valence electrons. The normalized spacial score (nSPS) is 18.1. The molecule has 1 aromatic heterocycles. The minimum Gasteiger partial charge on any atom is -0.326 e. The molecule has 0 unspecified atom stereocenters. The summed E-state index contributed by atoms with van der Waals surface area (Å²) < 4.78 is 26.7. The van der Waals surface area contributed by atoms with Gasteiger partial charge in [-0.1, -0.05) is 12.8 Å². The lowest BCUT2D eigenvalue weighted by molar-refractivity contribution is 0.547. The van der Waals surface area contributed by atoms with Gasteiger partial charge in [0.2, 0.25) is 0 Å². The van der Waals surface area contributed by atoms with Gasteiger partial charge in [0.05, 0.1) is 6.20 Å². The highest BCUT2D eigenvalue weighted by molar-refractivity contribution is 7.89. The summed E-state index contributed by atoms with van der Waals surface area (Å²) in [5.41, 5.74) is 5.97. The summed E-state index contributed by atoms with van der Waals surface area (Å²) >= 11 is 0. The zero-order chi connectivity index (χ0) is 11.6. The number of hydrogen-bond acceptors (Lipinski definition) is 4. The first-order valence-corrected chi connectivity index (χ1v) is 6.86. The smallest absolute Gasteiger partial charge is 0.258 e. The van der Waals surface area contributed by atoms with Gasteiger partial charge in [-0.05, 0) is 12.8 Å². The van der Waals surface area contributed by atoms with Crippen molar-refractivity contribution in [3.8, 4) is 0 Å². The number of aromatic nitrogens is 2. The molecule has 0 amide bonds. The van der Waals surface area contributed by atoms with E-state index in [-0.39, 0.29) is 17.6 Å². The van der Waals surface area contributed by atoms with E-state index in [0.29, 0.717) is 5.56 Å². The van der Waals surface area contributed by atoms with Gasteiger partial charge >= 0.3 is 0 Å². The van der Waals surface area contributed by atoms with Gasteiger partial charge in [-0.15, -0.1) is 0 Å². The Morgan fingerprint density at radius 3 is 2.81 bits per heavy atom. The molecular formula is C9H16N4O2S. The van der Waals surface area contributed by atoms with Crippen LogP contribution in [0, 0.1) is 0 Å². The third kappa shape index (κ3) is 2.26. The van der Waals surface area contributed by atoms with Crippen molar-refractivity contribution in [3.05, 3.63) is 11.8 Å². The summed E-state index contributed by atoms with van der Waals surface area (Å²) in [7, 11) is -3.49. The molecule has 4 N–H and O–H groups in total. The van der Waals surface area contributed by atoms with E-state index in [1.807, 2.05) is 0 Å². The largest absolute Gasteiger partial charge is 0.326 e. The highest BCUT2D eigenvalue weighted by Gasteiger charge is 2.25. The van der Waals surface area contributed by atoms with Crippen LogP contribution in [0.4, 0.5) is 0 Å². The summed E-state index contributed by atoms with van der Waals surface area (Å²) in [5.74, 6) is 0. The molecule has 1 aliphatic rings. The Morgan fingerprint density at radius 1 is 1.50 bits per heavy atom. The lowest BCUT2D eigenvalue weighted by Crippen LogP contribution is -2.33. The quantitative estimate of drug-likeness (QED) is 0.698. The van der Waals surface area contributed by atoms with Crippen LogP contribution in [-0.2, 0) is 16.6 Å². The van der Waals surface area contributed by atoms with Gasteiger partial charge in [-0.2, -0.15) is 5.10 Å². The summed E-state index contributed by atoms with van der Waals surface area (Å²) in [5, 5.41) is 6.30. The van der Waals surface area contributed by atoms with Crippen molar-refractivity contribution in [3.63, 3.8) is 0 Å². The zero-order valence-electron chi connectivity index (χ0n) is 8.94. The topological polar surface area (TPSA) is 101 Å². The second-order valence-electron chi connectivity index (χ2n) is 4.03. The first-order chi connectivity index (χ1) is 7.63. The predicted molar refractivity (Wildman–Crippen MR) is 59.1 cm³/mol. The van der Waals surface area contributed by atoms with E-state index in [0.717, 1.165) is 25.7 Å². The van der Waals surface area contributed by atoms with Crippen LogP contribution in [0.15, 0.2) is 11.2 Å². The van der Waals surface area contributed by atoms with Crippen molar-refractivity contribution in [2.24, 2.45) is 5.73 Å². The van der Waals surface area contributed by atoms with Crippen LogP contribution in [0.1, 0.15) is 31.2 Å². The van der Waals surface area contributed by atoms with E-state index in [9.17, 15) is 8.42 Å². The molecule has 1 aliphatic carbocycles. The number of H-pyrrole nitrogens is 1. The van der Waals surface area contributed by atoms with Crippen molar-refractivity contribution >= 4 is 10.0 Å². The van der Waals surface area contributed by atoms with Crippen LogP contribution in [0.2, 0.25) is 0 Å². The van der Waals surface area contributed by atoms with Crippen LogP contribution < -0.4 is 10.5 Å². The number of hydrogen-bond donors (Lipinski definition) is 3. The monoisotopic (exact) mass is 244 g/mol. The zero-order valence-corrected chi connectivity index (χ0v) is 9.76. The molecule has 1 saturated carbocycles. The van der Waals surface area contributed by atoms with Crippen molar-refractivity contribution in [1.29, 1.82) is 0 Å². The standard InChI is InChI=1S/C9H16N4O2S/c10-5-7-6-11-12-9(7)16(14,15)13-8-3-1-2-4-8/h6,8,13H,1-5,10H2,(H,11,12). The van der Waals surface area contributed by atoms with Crippen LogP contribution in [0.3, 0.4) is 0 Å². The molecule has 0 bridgehead atoms. The number of rotatable bonds is 4. The average molecular weight is 244 g/mol. The number of nitrogens with two attached hydrogens (primary N) is 1. The van der Waals surface area contributed by atoms with Gasteiger partial charge in [-0.25, -0.2) is 13.1 Å². The molecule has 0 spiro atoms. The summed E-state index contributed by atoms with van der Waals surface area (Å²) in [4.78, 5) is 0. The first kappa shape index (κ1) is 11.6. The number of nitrogens with zero attached hydrogens (tertiary/aromatic N) is 1. The fraction of sp³-hybridized carbons (Fsp3) is 0.667. The molecule has 7 heteroatoms. The van der Waals surface area contributed by atoms with Crippen LogP contribution in [-0.4, -0.2) is 24.7 Å². The molecule has 1 aromatic rings. The minimum atomic E-state index is -3.49. The van der Waals surface area contributed by atoms with Gasteiger partial charge in [0.1, 0.15) is 0 Å². The molecule has 0 radical (unpaired) electrons. The maximum absolute atomic E-state index is 12.0.